The molecule has 2 aliphatic heterocycles. The summed E-state index contributed by atoms with van der Waals surface area (Å²) in [7, 11) is 3.80. The zero-order valence-corrected chi connectivity index (χ0v) is 12.9. The number of Topliss-reactive ketones (excluding diaryl/α,β-unsaturated/α-hetero) is 1. The Morgan fingerprint density at radius 3 is 2.35 bits per heavy atom. The zero-order valence-electron chi connectivity index (χ0n) is 12.1. The monoisotopic (exact) mass is 291 g/mol. The van der Waals surface area contributed by atoms with Crippen molar-refractivity contribution in [2.24, 2.45) is 5.92 Å². The molecule has 5 heteroatoms. The van der Waals surface area contributed by atoms with E-state index in [4.69, 9.17) is 0 Å². The number of fused-ring (bicyclic) bond motifs is 2. The van der Waals surface area contributed by atoms with Crippen LogP contribution in [0.5, 0.6) is 0 Å². The van der Waals surface area contributed by atoms with E-state index in [2.05, 4.69) is 21.7 Å². The largest absolute Gasteiger partial charge is 0.347 e. The maximum absolute atomic E-state index is 12.6. The molecule has 2 unspecified atom stereocenters. The molecule has 0 saturated carbocycles. The Hall–Kier alpha value is -1.10. The van der Waals surface area contributed by atoms with Crippen molar-refractivity contribution in [3.8, 4) is 0 Å². The van der Waals surface area contributed by atoms with Crippen LogP contribution in [0.25, 0.3) is 0 Å². The summed E-state index contributed by atoms with van der Waals surface area (Å²) >= 11 is 2.11. The first kappa shape index (κ1) is 13.9. The summed E-state index contributed by atoms with van der Waals surface area (Å²) in [4.78, 5) is 23.0. The van der Waals surface area contributed by atoms with Gasteiger partial charge in [-0.15, -0.1) is 0 Å². The van der Waals surface area contributed by atoms with E-state index in [0.29, 0.717) is 22.0 Å². The Labute approximate surface area is 124 Å². The van der Waals surface area contributed by atoms with Gasteiger partial charge in [-0.2, -0.15) is 11.8 Å². The molecular weight excluding hydrogens is 270 g/mol. The lowest BCUT2D eigenvalue weighted by Gasteiger charge is -2.37. The first-order valence-electron chi connectivity index (χ1n) is 7.32. The van der Waals surface area contributed by atoms with Crippen molar-refractivity contribution in [2.45, 2.75) is 42.6 Å². The highest BCUT2D eigenvalue weighted by Crippen LogP contribution is 2.44. The number of aromatic nitrogens is 2. The van der Waals surface area contributed by atoms with Crippen LogP contribution in [0, 0.1) is 5.92 Å². The van der Waals surface area contributed by atoms with Gasteiger partial charge in [-0.1, -0.05) is 6.42 Å². The van der Waals surface area contributed by atoms with Gasteiger partial charge in [-0.25, -0.2) is 9.97 Å². The van der Waals surface area contributed by atoms with E-state index < -0.39 is 0 Å². The SMILES string of the molecule is CN(C)c1ncc(C(=O)C2CC3CCCC(C2)S3)cn1. The molecule has 4 nitrogen and oxygen atoms in total. The Bertz CT molecular complexity index is 476. The van der Waals surface area contributed by atoms with Gasteiger partial charge in [-0.3, -0.25) is 4.79 Å². The first-order chi connectivity index (χ1) is 9.63. The topological polar surface area (TPSA) is 46.1 Å². The molecule has 0 aliphatic carbocycles. The number of ketones is 1. The van der Waals surface area contributed by atoms with Gasteiger partial charge in [0.05, 0.1) is 5.56 Å². The van der Waals surface area contributed by atoms with E-state index in [1.807, 2.05) is 19.0 Å². The summed E-state index contributed by atoms with van der Waals surface area (Å²) in [5, 5.41) is 1.39. The van der Waals surface area contributed by atoms with Crippen molar-refractivity contribution in [2.75, 3.05) is 19.0 Å². The highest BCUT2D eigenvalue weighted by atomic mass is 32.2. The third kappa shape index (κ3) is 2.82. The van der Waals surface area contributed by atoms with E-state index >= 15 is 0 Å². The lowest BCUT2D eigenvalue weighted by molar-refractivity contribution is 0.0896. The molecule has 2 fully saturated rings. The number of carbonyl (C=O) groups is 1. The Kier molecular flexibility index (Phi) is 3.96. The van der Waals surface area contributed by atoms with E-state index in [1.54, 1.807) is 12.4 Å². The van der Waals surface area contributed by atoms with Gasteiger partial charge in [0.1, 0.15) is 0 Å². The second-order valence-electron chi connectivity index (χ2n) is 6.01. The maximum atomic E-state index is 12.6. The summed E-state index contributed by atoms with van der Waals surface area (Å²) in [5.74, 6) is 1.07. The number of thioether (sulfide) groups is 1. The fourth-order valence-electron chi connectivity index (χ4n) is 3.19. The lowest BCUT2D eigenvalue weighted by atomic mass is 9.85. The number of nitrogens with zero attached hydrogens (tertiary/aromatic N) is 3. The molecule has 3 rings (SSSR count). The van der Waals surface area contributed by atoms with Crippen molar-refractivity contribution in [1.29, 1.82) is 0 Å². The van der Waals surface area contributed by atoms with E-state index in [0.717, 1.165) is 12.8 Å². The number of rotatable bonds is 3. The van der Waals surface area contributed by atoms with Gasteiger partial charge in [0.25, 0.3) is 0 Å². The van der Waals surface area contributed by atoms with Crippen molar-refractivity contribution in [3.05, 3.63) is 18.0 Å². The van der Waals surface area contributed by atoms with E-state index in [1.165, 1.54) is 19.3 Å². The predicted molar refractivity (Wildman–Crippen MR) is 82.4 cm³/mol. The molecular formula is C15H21N3OS. The predicted octanol–water partition coefficient (Wildman–Crippen LogP) is 2.79. The van der Waals surface area contributed by atoms with Crippen LogP contribution in [0.3, 0.4) is 0 Å². The van der Waals surface area contributed by atoms with Gasteiger partial charge >= 0.3 is 0 Å². The summed E-state index contributed by atoms with van der Waals surface area (Å²) in [6.45, 7) is 0. The van der Waals surface area contributed by atoms with Crippen molar-refractivity contribution < 1.29 is 4.79 Å². The molecule has 0 aromatic carbocycles. The molecule has 0 amide bonds. The van der Waals surface area contributed by atoms with Gasteiger partial charge in [0, 0.05) is 42.9 Å². The van der Waals surface area contributed by atoms with Crippen LogP contribution in [-0.2, 0) is 0 Å². The van der Waals surface area contributed by atoms with Crippen LogP contribution in [0.2, 0.25) is 0 Å². The summed E-state index contributed by atoms with van der Waals surface area (Å²) in [5.41, 5.74) is 0.672. The van der Waals surface area contributed by atoms with Crippen molar-refractivity contribution in [3.63, 3.8) is 0 Å². The molecule has 2 atom stereocenters. The molecule has 20 heavy (non-hydrogen) atoms. The zero-order chi connectivity index (χ0) is 14.1. The van der Waals surface area contributed by atoms with Crippen molar-refractivity contribution >= 4 is 23.5 Å². The summed E-state index contributed by atoms with van der Waals surface area (Å²) in [6, 6.07) is 0. The third-order valence-corrected chi connectivity index (χ3v) is 5.85. The van der Waals surface area contributed by atoms with Crippen LogP contribution in [0.15, 0.2) is 12.4 Å². The van der Waals surface area contributed by atoms with Gasteiger partial charge in [-0.05, 0) is 25.7 Å². The normalized spacial score (nSPS) is 29.0. The summed E-state index contributed by atoms with van der Waals surface area (Å²) < 4.78 is 0. The van der Waals surface area contributed by atoms with Gasteiger partial charge < -0.3 is 4.90 Å². The molecule has 3 heterocycles. The first-order valence-corrected chi connectivity index (χ1v) is 8.27. The standard InChI is InChI=1S/C15H21N3OS/c1-18(2)15-16-8-11(9-17-15)14(19)10-6-12-4-3-5-13(7-10)20-12/h8-10,12-13H,3-7H2,1-2H3. The average molecular weight is 291 g/mol. The quantitative estimate of drug-likeness (QED) is 0.801. The minimum absolute atomic E-state index is 0.181. The second kappa shape index (κ2) is 5.72. The third-order valence-electron chi connectivity index (χ3n) is 4.23. The lowest BCUT2D eigenvalue weighted by Crippen LogP contribution is -2.33. The molecule has 1 aromatic rings. The fraction of sp³-hybridized carbons (Fsp3) is 0.667. The molecule has 2 aliphatic rings. The van der Waals surface area contributed by atoms with Gasteiger partial charge in [0.2, 0.25) is 5.95 Å². The number of hydrogen-bond donors (Lipinski definition) is 0. The minimum Gasteiger partial charge on any atom is -0.347 e. The minimum atomic E-state index is 0.181. The van der Waals surface area contributed by atoms with Crippen LogP contribution < -0.4 is 4.90 Å². The van der Waals surface area contributed by atoms with Crippen LogP contribution in [-0.4, -0.2) is 40.3 Å². The molecule has 2 bridgehead atoms. The maximum Gasteiger partial charge on any atom is 0.224 e. The molecule has 108 valence electrons. The smallest absolute Gasteiger partial charge is 0.224 e. The van der Waals surface area contributed by atoms with Crippen LogP contribution >= 0.6 is 11.8 Å². The average Bonchev–Trinajstić information content (AvgIpc) is 2.46. The summed E-state index contributed by atoms with van der Waals surface area (Å²) in [6.07, 6.45) is 9.33. The van der Waals surface area contributed by atoms with Crippen LogP contribution in [0.1, 0.15) is 42.5 Å². The second-order valence-corrected chi connectivity index (χ2v) is 7.62. The molecule has 0 spiro atoms. The Morgan fingerprint density at radius 2 is 1.80 bits per heavy atom. The molecule has 1 aromatic heterocycles. The number of anilines is 1. The van der Waals surface area contributed by atoms with E-state index in [9.17, 15) is 4.79 Å². The number of carbonyl (C=O) groups excluding carboxylic acids is 1. The van der Waals surface area contributed by atoms with Gasteiger partial charge in [0.15, 0.2) is 5.78 Å². The Morgan fingerprint density at radius 1 is 1.20 bits per heavy atom. The Balaban J connectivity index is 1.72. The highest BCUT2D eigenvalue weighted by molar-refractivity contribution is 8.00. The number of hydrogen-bond acceptors (Lipinski definition) is 5. The molecule has 0 N–H and O–H groups in total. The van der Waals surface area contributed by atoms with Crippen LogP contribution in [0.4, 0.5) is 5.95 Å². The van der Waals surface area contributed by atoms with Crippen molar-refractivity contribution in [1.82, 2.24) is 9.97 Å². The molecule has 2 saturated heterocycles. The molecule has 0 radical (unpaired) electrons. The highest BCUT2D eigenvalue weighted by Gasteiger charge is 2.36. The fourth-order valence-corrected chi connectivity index (χ4v) is 5.03. The van der Waals surface area contributed by atoms with E-state index in [-0.39, 0.29) is 11.7 Å².